The van der Waals surface area contributed by atoms with Crippen LogP contribution in [0.4, 0.5) is 0 Å². The number of hydrogen-bond donors (Lipinski definition) is 1. The molecule has 2 fully saturated rings. The Balaban J connectivity index is 1.53. The summed E-state index contributed by atoms with van der Waals surface area (Å²) < 4.78 is 5.82. The molecule has 0 atom stereocenters. The molecule has 17 heavy (non-hydrogen) atoms. The second-order valence-corrected chi connectivity index (χ2v) is 5.69. The number of ether oxygens (including phenoxy) is 1. The second-order valence-electron chi connectivity index (χ2n) is 5.69. The van der Waals surface area contributed by atoms with E-state index in [-0.39, 0.29) is 0 Å². The Kier molecular flexibility index (Phi) is 3.04. The average molecular weight is 235 g/mol. The molecular weight excluding hydrogens is 214 g/mol. The van der Waals surface area contributed by atoms with Crippen molar-refractivity contribution in [2.75, 3.05) is 0 Å². The molecule has 0 aromatic carbocycles. The highest BCUT2D eigenvalue weighted by molar-refractivity contribution is 4.99. The Morgan fingerprint density at radius 1 is 1.12 bits per heavy atom. The summed E-state index contributed by atoms with van der Waals surface area (Å²) in [6.07, 6.45) is 14.4. The quantitative estimate of drug-likeness (QED) is 0.857. The summed E-state index contributed by atoms with van der Waals surface area (Å²) in [6.45, 7) is 0. The van der Waals surface area contributed by atoms with Crippen molar-refractivity contribution in [2.24, 2.45) is 5.41 Å². The van der Waals surface area contributed by atoms with Gasteiger partial charge in [-0.1, -0.05) is 29.6 Å². The molecule has 0 unspecified atom stereocenters. The number of aromatic amines is 1. The molecule has 4 heteroatoms. The number of hydrogen-bond acceptors (Lipinski definition) is 3. The minimum atomic E-state index is 0.354. The van der Waals surface area contributed by atoms with E-state index in [1.54, 1.807) is 6.20 Å². The van der Waals surface area contributed by atoms with Crippen molar-refractivity contribution in [1.82, 2.24) is 15.4 Å². The fourth-order valence-corrected chi connectivity index (χ4v) is 3.54. The molecule has 0 aliphatic heterocycles. The predicted octanol–water partition coefficient (Wildman–Crippen LogP) is 3.08. The van der Waals surface area contributed by atoms with Gasteiger partial charge in [-0.15, -0.1) is 0 Å². The molecular formula is C13H21N3O. The molecule has 0 saturated heterocycles. The summed E-state index contributed by atoms with van der Waals surface area (Å²) in [5.41, 5.74) is 0.669. The third kappa shape index (κ3) is 2.45. The summed E-state index contributed by atoms with van der Waals surface area (Å²) in [4.78, 5) is 0. The van der Waals surface area contributed by atoms with Crippen molar-refractivity contribution in [2.45, 2.75) is 63.9 Å². The third-order valence-electron chi connectivity index (χ3n) is 4.59. The van der Waals surface area contributed by atoms with Crippen LogP contribution in [-0.2, 0) is 0 Å². The number of H-pyrrole nitrogens is 1. The van der Waals surface area contributed by atoms with Crippen LogP contribution in [0.5, 0.6) is 5.88 Å². The van der Waals surface area contributed by atoms with Gasteiger partial charge in [0.05, 0.1) is 6.20 Å². The van der Waals surface area contributed by atoms with Crippen LogP contribution in [-0.4, -0.2) is 21.5 Å². The van der Waals surface area contributed by atoms with E-state index in [0.717, 1.165) is 0 Å². The van der Waals surface area contributed by atoms with Gasteiger partial charge in [0, 0.05) is 0 Å². The van der Waals surface area contributed by atoms with E-state index < -0.39 is 0 Å². The molecule has 1 spiro atoms. The molecule has 0 bridgehead atoms. The maximum absolute atomic E-state index is 5.82. The van der Waals surface area contributed by atoms with E-state index in [4.69, 9.17) is 4.74 Å². The van der Waals surface area contributed by atoms with Gasteiger partial charge in [-0.25, -0.2) is 0 Å². The van der Waals surface area contributed by atoms with Crippen molar-refractivity contribution < 1.29 is 4.74 Å². The summed E-state index contributed by atoms with van der Waals surface area (Å²) in [6, 6.07) is 0. The molecule has 3 rings (SSSR count). The second kappa shape index (κ2) is 4.67. The van der Waals surface area contributed by atoms with Crippen molar-refractivity contribution in [3.8, 4) is 5.88 Å². The standard InChI is InChI=1S/C13H21N3O/c1-2-6-13(7-3-1)8-4-11(5-9-13)17-12-10-14-16-15-12/h10-11H,1-9H2,(H,14,15,16). The molecule has 2 aliphatic carbocycles. The van der Waals surface area contributed by atoms with Crippen molar-refractivity contribution in [3.63, 3.8) is 0 Å². The number of nitrogens with one attached hydrogen (secondary N) is 1. The van der Waals surface area contributed by atoms with Gasteiger partial charge in [0.25, 0.3) is 5.88 Å². The monoisotopic (exact) mass is 235 g/mol. The Hall–Kier alpha value is -1.06. The fourth-order valence-electron chi connectivity index (χ4n) is 3.54. The first-order chi connectivity index (χ1) is 8.36. The Bertz CT molecular complexity index is 334. The zero-order valence-corrected chi connectivity index (χ0v) is 10.3. The number of aromatic nitrogens is 3. The fraction of sp³-hybridized carbons (Fsp3) is 0.846. The van der Waals surface area contributed by atoms with Gasteiger partial charge >= 0.3 is 0 Å². The largest absolute Gasteiger partial charge is 0.472 e. The molecule has 2 saturated carbocycles. The molecule has 0 radical (unpaired) electrons. The van der Waals surface area contributed by atoms with Crippen molar-refractivity contribution in [1.29, 1.82) is 0 Å². The number of rotatable bonds is 2. The van der Waals surface area contributed by atoms with E-state index >= 15 is 0 Å². The minimum Gasteiger partial charge on any atom is -0.472 e. The lowest BCUT2D eigenvalue weighted by Crippen LogP contribution is -2.33. The van der Waals surface area contributed by atoms with Crippen LogP contribution in [0.2, 0.25) is 0 Å². The zero-order chi connectivity index (χ0) is 11.6. The van der Waals surface area contributed by atoms with Crippen molar-refractivity contribution in [3.05, 3.63) is 6.20 Å². The van der Waals surface area contributed by atoms with Gasteiger partial charge in [0.15, 0.2) is 0 Å². The minimum absolute atomic E-state index is 0.354. The first-order valence-corrected chi connectivity index (χ1v) is 6.90. The van der Waals surface area contributed by atoms with Crippen LogP contribution in [0.25, 0.3) is 0 Å². The van der Waals surface area contributed by atoms with E-state index in [2.05, 4.69) is 15.4 Å². The smallest absolute Gasteiger partial charge is 0.253 e. The van der Waals surface area contributed by atoms with Crippen LogP contribution < -0.4 is 4.74 Å². The summed E-state index contributed by atoms with van der Waals surface area (Å²) in [5.74, 6) is 0.648. The summed E-state index contributed by atoms with van der Waals surface area (Å²) in [7, 11) is 0. The van der Waals surface area contributed by atoms with E-state index in [1.807, 2.05) is 0 Å². The molecule has 1 N–H and O–H groups in total. The predicted molar refractivity (Wildman–Crippen MR) is 64.8 cm³/mol. The summed E-state index contributed by atoms with van der Waals surface area (Å²) >= 11 is 0. The average Bonchev–Trinajstić information content (AvgIpc) is 2.87. The van der Waals surface area contributed by atoms with E-state index in [9.17, 15) is 0 Å². The highest BCUT2D eigenvalue weighted by atomic mass is 16.5. The van der Waals surface area contributed by atoms with Gasteiger partial charge in [-0.05, 0) is 43.9 Å². The maximum Gasteiger partial charge on any atom is 0.253 e. The summed E-state index contributed by atoms with van der Waals surface area (Å²) in [5, 5.41) is 10.2. The van der Waals surface area contributed by atoms with Crippen LogP contribution in [0.3, 0.4) is 0 Å². The lowest BCUT2D eigenvalue weighted by atomic mass is 9.65. The topological polar surface area (TPSA) is 50.8 Å². The molecule has 4 nitrogen and oxygen atoms in total. The van der Waals surface area contributed by atoms with Crippen LogP contribution in [0.15, 0.2) is 6.20 Å². The van der Waals surface area contributed by atoms with Gasteiger partial charge in [-0.2, -0.15) is 0 Å². The normalized spacial score (nSPS) is 24.9. The number of nitrogens with zero attached hydrogens (tertiary/aromatic N) is 2. The lowest BCUT2D eigenvalue weighted by molar-refractivity contribution is 0.0501. The van der Waals surface area contributed by atoms with Crippen molar-refractivity contribution >= 4 is 0 Å². The Morgan fingerprint density at radius 2 is 1.88 bits per heavy atom. The molecule has 2 aliphatic rings. The lowest BCUT2D eigenvalue weighted by Gasteiger charge is -2.42. The zero-order valence-electron chi connectivity index (χ0n) is 10.3. The maximum atomic E-state index is 5.82. The van der Waals surface area contributed by atoms with E-state index in [1.165, 1.54) is 57.8 Å². The molecule has 94 valence electrons. The van der Waals surface area contributed by atoms with Crippen LogP contribution >= 0.6 is 0 Å². The third-order valence-corrected chi connectivity index (χ3v) is 4.59. The van der Waals surface area contributed by atoms with Crippen LogP contribution in [0.1, 0.15) is 57.8 Å². The Morgan fingerprint density at radius 3 is 2.53 bits per heavy atom. The van der Waals surface area contributed by atoms with E-state index in [0.29, 0.717) is 17.4 Å². The van der Waals surface area contributed by atoms with Gasteiger partial charge in [0.2, 0.25) is 0 Å². The SMILES string of the molecule is c1[nH]nnc1OC1CCC2(CCCCC2)CC1. The van der Waals surface area contributed by atoms with Crippen LogP contribution in [0, 0.1) is 5.41 Å². The highest BCUT2D eigenvalue weighted by Crippen LogP contribution is 2.47. The molecule has 1 aromatic heterocycles. The molecule has 1 aromatic rings. The molecule has 0 amide bonds. The van der Waals surface area contributed by atoms with Gasteiger partial charge < -0.3 is 4.74 Å². The molecule has 1 heterocycles. The highest BCUT2D eigenvalue weighted by Gasteiger charge is 2.36. The van der Waals surface area contributed by atoms with Gasteiger partial charge in [-0.3, -0.25) is 5.10 Å². The van der Waals surface area contributed by atoms with Gasteiger partial charge in [0.1, 0.15) is 6.10 Å². The first-order valence-electron chi connectivity index (χ1n) is 6.90. The Labute approximate surface area is 102 Å². The first kappa shape index (κ1) is 11.1.